The van der Waals surface area contributed by atoms with Gasteiger partial charge in [-0.1, -0.05) is 40.2 Å². The van der Waals surface area contributed by atoms with Gasteiger partial charge in [0.05, 0.1) is 35.8 Å². The fourth-order valence-electron chi connectivity index (χ4n) is 4.19. The van der Waals surface area contributed by atoms with Crippen molar-refractivity contribution in [2.75, 3.05) is 5.32 Å². The van der Waals surface area contributed by atoms with E-state index < -0.39 is 17.2 Å². The second kappa shape index (κ2) is 11.4. The van der Waals surface area contributed by atoms with Crippen LogP contribution in [0.3, 0.4) is 0 Å². The Bertz CT molecular complexity index is 1760. The zero-order chi connectivity index (χ0) is 27.4. The van der Waals surface area contributed by atoms with E-state index in [9.17, 15) is 19.2 Å². The summed E-state index contributed by atoms with van der Waals surface area (Å²) < 4.78 is 8.40. The molecule has 2 heterocycles. The number of carbonyl (C=O) groups is 2. The summed E-state index contributed by atoms with van der Waals surface area (Å²) in [6, 6.07) is 23.9. The molecule has 3 aromatic carbocycles. The first-order valence-electron chi connectivity index (χ1n) is 12.1. The summed E-state index contributed by atoms with van der Waals surface area (Å²) >= 11 is 3.36. The molecule has 10 heteroatoms. The van der Waals surface area contributed by atoms with E-state index in [1.165, 1.54) is 10.8 Å². The van der Waals surface area contributed by atoms with Crippen molar-refractivity contribution >= 4 is 44.3 Å². The van der Waals surface area contributed by atoms with Crippen molar-refractivity contribution in [1.29, 1.82) is 0 Å². The minimum absolute atomic E-state index is 0.119. The number of carbonyl (C=O) groups excluding carboxylic acids is 2. The van der Waals surface area contributed by atoms with Crippen molar-refractivity contribution in [3.05, 3.63) is 128 Å². The first-order valence-corrected chi connectivity index (χ1v) is 12.9. The Labute approximate surface area is 230 Å². The largest absolute Gasteiger partial charge is 0.467 e. The minimum Gasteiger partial charge on any atom is -0.467 e. The van der Waals surface area contributed by atoms with Gasteiger partial charge < -0.3 is 15.1 Å². The van der Waals surface area contributed by atoms with Crippen LogP contribution in [0.5, 0.6) is 0 Å². The number of para-hydroxylation sites is 1. The molecule has 9 nitrogen and oxygen atoms in total. The summed E-state index contributed by atoms with van der Waals surface area (Å²) in [4.78, 5) is 52.1. The van der Waals surface area contributed by atoms with E-state index in [0.29, 0.717) is 33.6 Å². The molecular formula is C29H23BrN4O5. The van der Waals surface area contributed by atoms with Gasteiger partial charge >= 0.3 is 5.69 Å². The Kier molecular flexibility index (Phi) is 7.55. The van der Waals surface area contributed by atoms with Gasteiger partial charge in [-0.2, -0.15) is 0 Å². The Morgan fingerprint density at radius 1 is 0.846 bits per heavy atom. The summed E-state index contributed by atoms with van der Waals surface area (Å²) in [6.45, 7) is -0.00501. The van der Waals surface area contributed by atoms with Gasteiger partial charge in [-0.25, -0.2) is 9.36 Å². The Morgan fingerprint density at radius 2 is 1.59 bits per heavy atom. The number of nitrogens with one attached hydrogen (secondary N) is 2. The molecule has 196 valence electrons. The zero-order valence-electron chi connectivity index (χ0n) is 20.6. The lowest BCUT2D eigenvalue weighted by Gasteiger charge is -2.14. The van der Waals surface area contributed by atoms with Crippen LogP contribution in [0, 0.1) is 0 Å². The van der Waals surface area contributed by atoms with Crippen LogP contribution in [0.2, 0.25) is 0 Å². The zero-order valence-corrected chi connectivity index (χ0v) is 22.2. The standard InChI is InChI=1S/C29H23BrN4O5/c30-20-9-11-21(12-10-20)32-27(36)18-33-25-6-2-1-5-24(25)28(37)34(29(33)38)22-13-7-19(8-14-22)16-26(35)31-17-23-4-3-15-39-23/h1-15H,16-18H2,(H,31,35)(H,32,36). The van der Waals surface area contributed by atoms with E-state index in [1.807, 2.05) is 0 Å². The monoisotopic (exact) mass is 586 g/mol. The second-order valence-corrected chi connectivity index (χ2v) is 9.70. The molecule has 2 N–H and O–H groups in total. The van der Waals surface area contributed by atoms with Crippen molar-refractivity contribution in [3.8, 4) is 5.69 Å². The van der Waals surface area contributed by atoms with Crippen LogP contribution in [0.15, 0.2) is 110 Å². The van der Waals surface area contributed by atoms with Crippen molar-refractivity contribution in [2.45, 2.75) is 19.5 Å². The quantitative estimate of drug-likeness (QED) is 0.285. The van der Waals surface area contributed by atoms with Crippen molar-refractivity contribution < 1.29 is 14.0 Å². The number of halogens is 1. The molecule has 39 heavy (non-hydrogen) atoms. The predicted octanol–water partition coefficient (Wildman–Crippen LogP) is 4.01. The third-order valence-electron chi connectivity index (χ3n) is 6.08. The molecule has 0 aliphatic heterocycles. The highest BCUT2D eigenvalue weighted by atomic mass is 79.9. The SMILES string of the molecule is O=C(Cc1ccc(-n2c(=O)c3ccccc3n(CC(=O)Nc3ccc(Br)cc3)c2=O)cc1)NCc1ccco1. The Morgan fingerprint density at radius 3 is 2.31 bits per heavy atom. The average molecular weight is 587 g/mol. The molecule has 0 fully saturated rings. The number of anilines is 1. The van der Waals surface area contributed by atoms with E-state index >= 15 is 0 Å². The van der Waals surface area contributed by atoms with Crippen molar-refractivity contribution in [1.82, 2.24) is 14.5 Å². The molecule has 0 saturated heterocycles. The van der Waals surface area contributed by atoms with Crippen molar-refractivity contribution in [3.63, 3.8) is 0 Å². The third-order valence-corrected chi connectivity index (χ3v) is 6.61. The van der Waals surface area contributed by atoms with Gasteiger partial charge in [0, 0.05) is 10.2 Å². The first-order chi connectivity index (χ1) is 18.9. The Balaban J connectivity index is 1.41. The second-order valence-electron chi connectivity index (χ2n) is 8.78. The maximum absolute atomic E-state index is 13.6. The molecule has 5 rings (SSSR count). The molecule has 0 aliphatic carbocycles. The molecule has 0 atom stereocenters. The molecule has 0 saturated carbocycles. The number of aromatic nitrogens is 2. The van der Waals surface area contributed by atoms with Crippen LogP contribution < -0.4 is 21.9 Å². The summed E-state index contributed by atoms with van der Waals surface area (Å²) in [6.07, 6.45) is 1.66. The van der Waals surface area contributed by atoms with Gasteiger partial charge in [0.2, 0.25) is 11.8 Å². The van der Waals surface area contributed by atoms with Crippen LogP contribution in [0.1, 0.15) is 11.3 Å². The number of nitrogens with zero attached hydrogens (tertiary/aromatic N) is 2. The summed E-state index contributed by atoms with van der Waals surface area (Å²) in [5.74, 6) is 0.0445. The number of rotatable bonds is 8. The summed E-state index contributed by atoms with van der Waals surface area (Å²) in [5.41, 5.74) is 0.839. The van der Waals surface area contributed by atoms with E-state index in [4.69, 9.17) is 4.42 Å². The van der Waals surface area contributed by atoms with Gasteiger partial charge in [0.1, 0.15) is 12.3 Å². The lowest BCUT2D eigenvalue weighted by molar-refractivity contribution is -0.120. The maximum Gasteiger partial charge on any atom is 0.336 e. The van der Waals surface area contributed by atoms with Gasteiger partial charge in [0.15, 0.2) is 0 Å². The molecule has 0 unspecified atom stereocenters. The molecule has 0 aliphatic rings. The van der Waals surface area contributed by atoms with E-state index in [2.05, 4.69) is 26.6 Å². The highest BCUT2D eigenvalue weighted by Gasteiger charge is 2.17. The van der Waals surface area contributed by atoms with E-state index in [-0.39, 0.29) is 25.4 Å². The van der Waals surface area contributed by atoms with E-state index in [1.54, 1.807) is 84.9 Å². The number of furan rings is 1. The van der Waals surface area contributed by atoms with Gasteiger partial charge in [-0.3, -0.25) is 19.0 Å². The third kappa shape index (κ3) is 5.91. The lowest BCUT2D eigenvalue weighted by atomic mass is 10.1. The van der Waals surface area contributed by atoms with Crippen LogP contribution in [-0.2, 0) is 29.1 Å². The fourth-order valence-corrected chi connectivity index (χ4v) is 4.45. The van der Waals surface area contributed by atoms with Gasteiger partial charge in [0.25, 0.3) is 5.56 Å². The van der Waals surface area contributed by atoms with Crippen LogP contribution >= 0.6 is 15.9 Å². The van der Waals surface area contributed by atoms with Crippen LogP contribution in [0.25, 0.3) is 16.6 Å². The van der Waals surface area contributed by atoms with Gasteiger partial charge in [-0.05, 0) is 66.2 Å². The van der Waals surface area contributed by atoms with Gasteiger partial charge in [-0.15, -0.1) is 0 Å². The fraction of sp³-hybridized carbons (Fsp3) is 0.103. The predicted molar refractivity (Wildman–Crippen MR) is 151 cm³/mol. The number of fused-ring (bicyclic) bond motifs is 1. The van der Waals surface area contributed by atoms with Crippen molar-refractivity contribution in [2.24, 2.45) is 0 Å². The number of hydrogen-bond acceptors (Lipinski definition) is 5. The topological polar surface area (TPSA) is 115 Å². The molecule has 0 radical (unpaired) electrons. The highest BCUT2D eigenvalue weighted by Crippen LogP contribution is 2.15. The maximum atomic E-state index is 13.6. The Hall–Kier alpha value is -4.70. The normalized spacial score (nSPS) is 10.9. The van der Waals surface area contributed by atoms with Crippen LogP contribution in [0.4, 0.5) is 5.69 Å². The number of amides is 2. The molecule has 5 aromatic rings. The van der Waals surface area contributed by atoms with E-state index in [0.717, 1.165) is 9.04 Å². The number of hydrogen-bond donors (Lipinski definition) is 2. The summed E-state index contributed by atoms with van der Waals surface area (Å²) in [7, 11) is 0. The number of benzene rings is 3. The smallest absolute Gasteiger partial charge is 0.336 e. The first kappa shape index (κ1) is 25.9. The highest BCUT2D eigenvalue weighted by molar-refractivity contribution is 9.10. The van der Waals surface area contributed by atoms with Crippen LogP contribution in [-0.4, -0.2) is 20.9 Å². The summed E-state index contributed by atoms with van der Waals surface area (Å²) in [5, 5.41) is 5.86. The molecule has 2 amide bonds. The molecule has 0 spiro atoms. The lowest BCUT2D eigenvalue weighted by Crippen LogP contribution is -2.40. The average Bonchev–Trinajstić information content (AvgIpc) is 3.46. The molecule has 2 aromatic heterocycles. The molecular weight excluding hydrogens is 564 g/mol. The molecule has 0 bridgehead atoms. The minimum atomic E-state index is -0.645.